The van der Waals surface area contributed by atoms with Gasteiger partial charge in [0.1, 0.15) is 17.3 Å². The molecular formula is C19H29F2N3O8. The molecule has 0 radical (unpaired) electrons. The zero-order chi connectivity index (χ0) is 25.8. The van der Waals surface area contributed by atoms with Crippen LogP contribution in [-0.2, 0) is 23.8 Å². The van der Waals surface area contributed by atoms with E-state index in [0.717, 1.165) is 6.08 Å². The molecular weight excluding hydrogens is 436 g/mol. The molecule has 0 aromatic heterocycles. The molecule has 0 spiro atoms. The number of hydrogen-bond acceptors (Lipinski definition) is 9. The topological polar surface area (TPSA) is 161 Å². The first kappa shape index (κ1) is 24.3. The first-order valence-corrected chi connectivity index (χ1v) is 9.57. The molecule has 0 aromatic carbocycles. The number of nitrogens with zero attached hydrogens (tertiary/aromatic N) is 1. The number of carbonyl (C=O) groups excluding carboxylic acids is 3. The first-order valence-electron chi connectivity index (χ1n) is 10.1. The van der Waals surface area contributed by atoms with E-state index in [-0.39, 0.29) is 4.90 Å². The van der Waals surface area contributed by atoms with Gasteiger partial charge in [0, 0.05) is 6.20 Å². The third kappa shape index (κ3) is 4.56. The molecule has 13 heteroatoms. The van der Waals surface area contributed by atoms with Crippen molar-refractivity contribution in [3.8, 4) is 0 Å². The van der Waals surface area contributed by atoms with Crippen LogP contribution in [0.4, 0.5) is 13.6 Å². The van der Waals surface area contributed by atoms with Crippen molar-refractivity contribution in [2.45, 2.75) is 82.3 Å². The molecule has 2 aliphatic heterocycles. The van der Waals surface area contributed by atoms with E-state index in [4.69, 9.17) is 21.3 Å². The van der Waals surface area contributed by atoms with Gasteiger partial charge in [-0.05, 0) is 47.6 Å². The van der Waals surface area contributed by atoms with Crippen molar-refractivity contribution >= 4 is 18.0 Å². The van der Waals surface area contributed by atoms with E-state index in [1.54, 1.807) is 20.8 Å². The number of hydrogen-bond donors (Lipinski definition) is 4. The second-order valence-electron chi connectivity index (χ2n) is 9.47. The fourth-order valence-electron chi connectivity index (χ4n) is 2.91. The van der Waals surface area contributed by atoms with Gasteiger partial charge in [0.2, 0.25) is 11.9 Å². The number of halogens is 2. The second-order valence-corrected chi connectivity index (χ2v) is 9.47. The highest BCUT2D eigenvalue weighted by molar-refractivity contribution is 5.91. The van der Waals surface area contributed by atoms with Crippen molar-refractivity contribution < 1.29 is 49.0 Å². The predicted molar refractivity (Wildman–Crippen MR) is 104 cm³/mol. The van der Waals surface area contributed by atoms with Crippen LogP contribution in [0.3, 0.4) is 0 Å². The van der Waals surface area contributed by atoms with E-state index in [2.05, 4.69) is 0 Å². The van der Waals surface area contributed by atoms with Crippen molar-refractivity contribution in [3.63, 3.8) is 0 Å². The zero-order valence-electron chi connectivity index (χ0n) is 19.5. The largest absolute Gasteiger partial charge is 0.458 e. The number of esters is 2. The van der Waals surface area contributed by atoms with Crippen LogP contribution in [0.2, 0.25) is 0 Å². The minimum absolute atomic E-state index is 0.229. The Morgan fingerprint density at radius 3 is 2.19 bits per heavy atom. The van der Waals surface area contributed by atoms with E-state index in [9.17, 15) is 24.6 Å². The standard InChI is InChI=1S/C19H29F2N3O8/c1-15(2,3)31-12(26)17(22)7-8-24(14(28)23-17)11-19(20,21)18(29,10(9-25)30-11)13(27)32-16(4,5)6/h7-8,10-11,25,29H,9,22H2,1-6H3,(H,23,28)/t10-,11-,17?,18+/m1/s1/i9D/t9?,10-,11-,17?,18+. The Morgan fingerprint density at radius 1 is 1.25 bits per heavy atom. The lowest BCUT2D eigenvalue weighted by Crippen LogP contribution is -2.69. The second kappa shape index (κ2) is 7.90. The number of aliphatic hydroxyl groups excluding tert-OH is 1. The number of ether oxygens (including phenoxy) is 3. The monoisotopic (exact) mass is 466 g/mol. The van der Waals surface area contributed by atoms with Crippen molar-refractivity contribution in [1.29, 1.82) is 0 Å². The van der Waals surface area contributed by atoms with Crippen LogP contribution in [0.15, 0.2) is 12.3 Å². The summed E-state index contributed by atoms with van der Waals surface area (Å²) in [5.74, 6) is -7.50. The van der Waals surface area contributed by atoms with Crippen molar-refractivity contribution in [2.24, 2.45) is 5.73 Å². The number of aliphatic hydroxyl groups is 2. The molecule has 0 bridgehead atoms. The fourth-order valence-corrected chi connectivity index (χ4v) is 2.91. The summed E-state index contributed by atoms with van der Waals surface area (Å²) in [6, 6.07) is -1.36. The van der Waals surface area contributed by atoms with Crippen molar-refractivity contribution in [2.75, 3.05) is 6.58 Å². The Morgan fingerprint density at radius 2 is 1.75 bits per heavy atom. The van der Waals surface area contributed by atoms with Gasteiger partial charge in [-0.25, -0.2) is 14.4 Å². The van der Waals surface area contributed by atoms with Gasteiger partial charge in [-0.2, -0.15) is 8.78 Å². The van der Waals surface area contributed by atoms with Crippen LogP contribution in [-0.4, -0.2) is 80.4 Å². The van der Waals surface area contributed by atoms with Crippen LogP contribution in [0, 0.1) is 0 Å². The Bertz CT molecular complexity index is 857. The van der Waals surface area contributed by atoms with Crippen LogP contribution in [0.5, 0.6) is 0 Å². The number of nitrogens with two attached hydrogens (primary N) is 1. The number of alkyl halides is 2. The van der Waals surface area contributed by atoms with E-state index >= 15 is 8.78 Å². The Labute approximate surface area is 184 Å². The molecule has 2 aliphatic rings. The summed E-state index contributed by atoms with van der Waals surface area (Å²) in [5.41, 5.74) is -2.47. The zero-order valence-corrected chi connectivity index (χ0v) is 18.5. The number of rotatable bonds is 4. The SMILES string of the molecule is [2H]C(O)[C@H]1O[C@@H](N2C=CC(N)(C(=O)OC(C)(C)C)NC2=O)C(F)(F)[C@@]1(O)C(=O)OC(C)(C)C. The van der Waals surface area contributed by atoms with E-state index in [1.165, 1.54) is 20.8 Å². The third-order valence-electron chi connectivity index (χ3n) is 4.39. The smallest absolute Gasteiger partial charge is 0.351 e. The Hall–Kier alpha value is -2.35. The number of carbonyl (C=O) groups is 3. The maximum Gasteiger partial charge on any atom is 0.351 e. The number of amides is 2. The van der Waals surface area contributed by atoms with Gasteiger partial charge < -0.3 is 29.7 Å². The Kier molecular flexibility index (Phi) is 6.00. The summed E-state index contributed by atoms with van der Waals surface area (Å²) >= 11 is 0. The van der Waals surface area contributed by atoms with Crippen LogP contribution < -0.4 is 11.1 Å². The maximum atomic E-state index is 15.4. The minimum atomic E-state index is -4.57. The number of urea groups is 1. The normalized spacial score (nSPS) is 33.9. The van der Waals surface area contributed by atoms with Crippen LogP contribution in [0.25, 0.3) is 0 Å². The van der Waals surface area contributed by atoms with Gasteiger partial charge in [0.25, 0.3) is 5.60 Å². The molecule has 32 heavy (non-hydrogen) atoms. The lowest BCUT2D eigenvalue weighted by molar-refractivity contribution is -0.220. The summed E-state index contributed by atoms with van der Waals surface area (Å²) in [6.45, 7) is 6.19. The van der Waals surface area contributed by atoms with Gasteiger partial charge in [-0.15, -0.1) is 0 Å². The molecule has 1 fully saturated rings. The fraction of sp³-hybridized carbons (Fsp3) is 0.737. The van der Waals surface area contributed by atoms with Crippen molar-refractivity contribution in [1.82, 2.24) is 10.2 Å². The average Bonchev–Trinajstić information content (AvgIpc) is 2.80. The van der Waals surface area contributed by atoms with Gasteiger partial charge >= 0.3 is 23.9 Å². The molecule has 2 heterocycles. The summed E-state index contributed by atoms with van der Waals surface area (Å²) in [4.78, 5) is 37.7. The highest BCUT2D eigenvalue weighted by Crippen LogP contribution is 2.47. The quantitative estimate of drug-likeness (QED) is 0.416. The lowest BCUT2D eigenvalue weighted by atomic mass is 9.90. The molecule has 2 amide bonds. The third-order valence-corrected chi connectivity index (χ3v) is 4.39. The summed E-state index contributed by atoms with van der Waals surface area (Å²) in [7, 11) is 0. The average molecular weight is 466 g/mol. The van der Waals surface area contributed by atoms with Gasteiger partial charge in [0.05, 0.1) is 7.95 Å². The van der Waals surface area contributed by atoms with E-state index in [0.29, 0.717) is 6.20 Å². The molecule has 182 valence electrons. The molecule has 1 saturated heterocycles. The Balaban J connectivity index is 2.42. The molecule has 5 N–H and O–H groups in total. The van der Waals surface area contributed by atoms with Crippen LogP contribution >= 0.6 is 0 Å². The van der Waals surface area contributed by atoms with Gasteiger partial charge in [0.15, 0.2) is 0 Å². The van der Waals surface area contributed by atoms with Gasteiger partial charge in [-0.1, -0.05) is 0 Å². The highest BCUT2D eigenvalue weighted by Gasteiger charge is 2.76. The molecule has 0 saturated carbocycles. The highest BCUT2D eigenvalue weighted by atomic mass is 19.3. The molecule has 0 aliphatic carbocycles. The molecule has 0 aromatic rings. The predicted octanol–water partition coefficient (Wildman–Crippen LogP) is -0.0527. The molecule has 2 rings (SSSR count). The van der Waals surface area contributed by atoms with E-state index in [1.807, 2.05) is 5.32 Å². The summed E-state index contributed by atoms with van der Waals surface area (Å²) < 4.78 is 53.0. The molecule has 11 nitrogen and oxygen atoms in total. The number of nitrogens with one attached hydrogen (secondary N) is 1. The van der Waals surface area contributed by atoms with Crippen LogP contribution in [0.1, 0.15) is 42.9 Å². The molecule has 5 atom stereocenters. The first-order chi connectivity index (χ1) is 14.7. The summed E-state index contributed by atoms with van der Waals surface area (Å²) in [5, 5.41) is 22.3. The van der Waals surface area contributed by atoms with Gasteiger partial charge in [-0.3, -0.25) is 10.6 Å². The minimum Gasteiger partial charge on any atom is -0.458 e. The van der Waals surface area contributed by atoms with E-state index < -0.39 is 65.3 Å². The lowest BCUT2D eigenvalue weighted by Gasteiger charge is -2.38. The molecule has 2 unspecified atom stereocenters. The van der Waals surface area contributed by atoms with Crippen molar-refractivity contribution in [3.05, 3.63) is 12.3 Å². The summed E-state index contributed by atoms with van der Waals surface area (Å²) in [6.07, 6.45) is -3.61. The maximum absolute atomic E-state index is 15.4.